The van der Waals surface area contributed by atoms with Crippen molar-refractivity contribution in [1.29, 1.82) is 0 Å². The van der Waals surface area contributed by atoms with Gasteiger partial charge in [0, 0.05) is 12.1 Å². The van der Waals surface area contributed by atoms with Crippen molar-refractivity contribution in [3.63, 3.8) is 0 Å². The zero-order chi connectivity index (χ0) is 15.8. The lowest BCUT2D eigenvalue weighted by Crippen LogP contribution is -2.30. The molecule has 1 fully saturated rings. The Hall–Kier alpha value is -2.50. The number of aromatic nitrogens is 4. The van der Waals surface area contributed by atoms with Gasteiger partial charge < -0.3 is 5.32 Å². The Bertz CT molecular complexity index is 749. The standard InChI is InChI=1S/C17H19N5O/c1-11-19-20-21-22(11)16-6-4-13(5-7-16)17(23)18-10-15-9-12-2-3-14(15)8-12/h2-7,12,14-15H,8-10H2,1H3,(H,18,23)/t12-,14-,15+/m0/s1. The summed E-state index contributed by atoms with van der Waals surface area (Å²) in [5.74, 6) is 2.69. The summed E-state index contributed by atoms with van der Waals surface area (Å²) in [6.45, 7) is 2.60. The van der Waals surface area contributed by atoms with Gasteiger partial charge in [-0.15, -0.1) is 5.10 Å². The number of nitrogens with one attached hydrogen (secondary N) is 1. The number of allylic oxidation sites excluding steroid dienone is 2. The van der Waals surface area contributed by atoms with E-state index in [1.807, 2.05) is 31.2 Å². The van der Waals surface area contributed by atoms with Crippen molar-refractivity contribution in [3.8, 4) is 5.69 Å². The fourth-order valence-corrected chi connectivity index (χ4v) is 3.68. The smallest absolute Gasteiger partial charge is 0.251 e. The van der Waals surface area contributed by atoms with Crippen LogP contribution < -0.4 is 5.32 Å². The van der Waals surface area contributed by atoms with Gasteiger partial charge in [-0.3, -0.25) is 4.79 Å². The van der Waals surface area contributed by atoms with Crippen molar-refractivity contribution in [2.75, 3.05) is 6.54 Å². The molecular weight excluding hydrogens is 290 g/mol. The first-order valence-corrected chi connectivity index (χ1v) is 8.02. The van der Waals surface area contributed by atoms with Crippen LogP contribution in [0.25, 0.3) is 5.69 Å². The van der Waals surface area contributed by atoms with Crippen LogP contribution >= 0.6 is 0 Å². The Morgan fingerprint density at radius 3 is 2.70 bits per heavy atom. The number of tetrazole rings is 1. The van der Waals surface area contributed by atoms with Gasteiger partial charge in [-0.2, -0.15) is 4.68 Å². The highest BCUT2D eigenvalue weighted by atomic mass is 16.1. The fourth-order valence-electron chi connectivity index (χ4n) is 3.68. The van der Waals surface area contributed by atoms with E-state index in [1.54, 1.807) is 4.68 Å². The summed E-state index contributed by atoms with van der Waals surface area (Å²) >= 11 is 0. The molecule has 2 aliphatic carbocycles. The topological polar surface area (TPSA) is 72.7 Å². The summed E-state index contributed by atoms with van der Waals surface area (Å²) in [4.78, 5) is 12.3. The molecule has 4 rings (SSSR count). The average Bonchev–Trinajstić information content (AvgIpc) is 3.29. The fraction of sp³-hybridized carbons (Fsp3) is 0.412. The second-order valence-electron chi connectivity index (χ2n) is 6.44. The maximum Gasteiger partial charge on any atom is 0.251 e. The number of hydrogen-bond donors (Lipinski definition) is 1. The van der Waals surface area contributed by atoms with Crippen LogP contribution in [0, 0.1) is 24.7 Å². The first-order valence-electron chi connectivity index (χ1n) is 8.02. The van der Waals surface area contributed by atoms with Gasteiger partial charge in [0.1, 0.15) is 0 Å². The number of amides is 1. The molecule has 2 aliphatic rings. The van der Waals surface area contributed by atoms with E-state index in [0.29, 0.717) is 23.2 Å². The molecule has 3 atom stereocenters. The van der Waals surface area contributed by atoms with E-state index in [9.17, 15) is 4.79 Å². The number of carbonyl (C=O) groups is 1. The molecule has 1 N–H and O–H groups in total. The van der Waals surface area contributed by atoms with Gasteiger partial charge in [0.15, 0.2) is 5.82 Å². The SMILES string of the molecule is Cc1nnnn1-c1ccc(C(=O)NC[C@H]2C[C@H]3C=C[C@H]2C3)cc1. The van der Waals surface area contributed by atoms with Gasteiger partial charge in [0.2, 0.25) is 0 Å². The molecule has 6 heteroatoms. The number of nitrogens with zero attached hydrogens (tertiary/aromatic N) is 4. The summed E-state index contributed by atoms with van der Waals surface area (Å²) in [7, 11) is 0. The molecule has 1 aromatic heterocycles. The summed E-state index contributed by atoms with van der Waals surface area (Å²) in [5.41, 5.74) is 1.51. The molecule has 1 amide bonds. The zero-order valence-electron chi connectivity index (χ0n) is 13.0. The molecule has 2 bridgehead atoms. The van der Waals surface area contributed by atoms with Crippen molar-refractivity contribution in [1.82, 2.24) is 25.5 Å². The van der Waals surface area contributed by atoms with E-state index in [0.717, 1.165) is 18.2 Å². The molecule has 0 radical (unpaired) electrons. The van der Waals surface area contributed by atoms with Crippen LogP contribution in [0.15, 0.2) is 36.4 Å². The van der Waals surface area contributed by atoms with Gasteiger partial charge in [0.25, 0.3) is 5.91 Å². The van der Waals surface area contributed by atoms with E-state index < -0.39 is 0 Å². The van der Waals surface area contributed by atoms with Crippen molar-refractivity contribution < 1.29 is 4.79 Å². The second kappa shape index (κ2) is 5.61. The molecule has 0 saturated heterocycles. The predicted octanol–water partition coefficient (Wildman–Crippen LogP) is 1.91. The van der Waals surface area contributed by atoms with Crippen LogP contribution in [0.1, 0.15) is 29.0 Å². The molecule has 23 heavy (non-hydrogen) atoms. The number of carbonyl (C=O) groups excluding carboxylic acids is 1. The summed E-state index contributed by atoms with van der Waals surface area (Å²) in [5, 5.41) is 14.5. The largest absolute Gasteiger partial charge is 0.352 e. The molecule has 0 unspecified atom stereocenters. The molecule has 118 valence electrons. The Balaban J connectivity index is 1.39. The highest BCUT2D eigenvalue weighted by Gasteiger charge is 2.35. The maximum atomic E-state index is 12.3. The molecule has 0 spiro atoms. The lowest BCUT2D eigenvalue weighted by molar-refractivity contribution is 0.0945. The highest BCUT2D eigenvalue weighted by Crippen LogP contribution is 2.42. The summed E-state index contributed by atoms with van der Waals surface area (Å²) < 4.78 is 1.64. The van der Waals surface area contributed by atoms with E-state index in [4.69, 9.17) is 0 Å². The average molecular weight is 309 g/mol. The minimum Gasteiger partial charge on any atom is -0.352 e. The number of fused-ring (bicyclic) bond motifs is 2. The van der Waals surface area contributed by atoms with Crippen molar-refractivity contribution in [3.05, 3.63) is 47.8 Å². The first-order chi connectivity index (χ1) is 11.2. The third-order valence-electron chi connectivity index (χ3n) is 4.94. The number of benzene rings is 1. The normalized spacial score (nSPS) is 25.0. The van der Waals surface area contributed by atoms with Gasteiger partial charge in [0.05, 0.1) is 5.69 Å². The van der Waals surface area contributed by atoms with E-state index >= 15 is 0 Å². The van der Waals surface area contributed by atoms with Crippen LogP contribution in [-0.2, 0) is 0 Å². The van der Waals surface area contributed by atoms with E-state index in [1.165, 1.54) is 12.8 Å². The molecule has 0 aliphatic heterocycles. The molecule has 1 heterocycles. The van der Waals surface area contributed by atoms with Crippen LogP contribution in [0.5, 0.6) is 0 Å². The van der Waals surface area contributed by atoms with Crippen molar-refractivity contribution in [2.45, 2.75) is 19.8 Å². The molecule has 1 aromatic carbocycles. The van der Waals surface area contributed by atoms with Gasteiger partial charge in [-0.25, -0.2) is 0 Å². The van der Waals surface area contributed by atoms with Crippen molar-refractivity contribution >= 4 is 5.91 Å². The third kappa shape index (κ3) is 2.65. The van der Waals surface area contributed by atoms with Gasteiger partial charge in [-0.1, -0.05) is 12.2 Å². The molecular formula is C17H19N5O. The molecule has 1 saturated carbocycles. The van der Waals surface area contributed by atoms with Crippen LogP contribution in [-0.4, -0.2) is 32.7 Å². The second-order valence-corrected chi connectivity index (χ2v) is 6.44. The number of rotatable bonds is 4. The minimum absolute atomic E-state index is 0.0169. The number of hydrogen-bond acceptors (Lipinski definition) is 4. The monoisotopic (exact) mass is 309 g/mol. The van der Waals surface area contributed by atoms with E-state index in [-0.39, 0.29) is 5.91 Å². The Labute approximate surface area is 134 Å². The predicted molar refractivity (Wildman–Crippen MR) is 85.1 cm³/mol. The van der Waals surface area contributed by atoms with Crippen LogP contribution in [0.3, 0.4) is 0 Å². The lowest BCUT2D eigenvalue weighted by Gasteiger charge is -2.18. The summed E-state index contributed by atoms with van der Waals surface area (Å²) in [6.07, 6.45) is 7.11. The lowest BCUT2D eigenvalue weighted by atomic mass is 9.93. The quantitative estimate of drug-likeness (QED) is 0.876. The minimum atomic E-state index is -0.0169. The first kappa shape index (κ1) is 14.1. The number of aryl methyl sites for hydroxylation is 1. The zero-order valence-corrected chi connectivity index (χ0v) is 13.0. The Morgan fingerprint density at radius 1 is 1.26 bits per heavy atom. The Kier molecular flexibility index (Phi) is 3.44. The highest BCUT2D eigenvalue weighted by molar-refractivity contribution is 5.94. The Morgan fingerprint density at radius 2 is 2.09 bits per heavy atom. The third-order valence-corrected chi connectivity index (χ3v) is 4.94. The van der Waals surface area contributed by atoms with Crippen LogP contribution in [0.2, 0.25) is 0 Å². The molecule has 2 aromatic rings. The van der Waals surface area contributed by atoms with Crippen LogP contribution in [0.4, 0.5) is 0 Å². The maximum absolute atomic E-state index is 12.3. The van der Waals surface area contributed by atoms with Crippen molar-refractivity contribution in [2.24, 2.45) is 17.8 Å². The summed E-state index contributed by atoms with van der Waals surface area (Å²) in [6, 6.07) is 7.34. The van der Waals surface area contributed by atoms with E-state index in [2.05, 4.69) is 33.0 Å². The molecule has 6 nitrogen and oxygen atoms in total. The van der Waals surface area contributed by atoms with Gasteiger partial charge >= 0.3 is 0 Å². The van der Waals surface area contributed by atoms with Gasteiger partial charge in [-0.05, 0) is 72.2 Å².